The minimum absolute atomic E-state index is 0.199. The second kappa shape index (κ2) is 8.68. The van der Waals surface area contributed by atoms with Crippen molar-refractivity contribution in [1.82, 2.24) is 0 Å². The number of nitrogens with one attached hydrogen (secondary N) is 2. The highest BCUT2D eigenvalue weighted by atomic mass is 32.2. The Bertz CT molecular complexity index is 856. The lowest BCUT2D eigenvalue weighted by Gasteiger charge is -2.18. The largest absolute Gasteiger partial charge is 0.497 e. The smallest absolute Gasteiger partial charge is 0.234 e. The van der Waals surface area contributed by atoms with Crippen LogP contribution in [-0.2, 0) is 9.59 Å². The van der Waals surface area contributed by atoms with Crippen molar-refractivity contribution in [3.63, 3.8) is 0 Å². The molecule has 0 spiro atoms. The zero-order valence-electron chi connectivity index (χ0n) is 15.0. The SMILES string of the molecule is COc1ccc(NC(C)=O)c(NC(=O)CSc2ccc3c(c2)OCCO3)c1. The molecular weight excluding hydrogens is 368 g/mol. The topological polar surface area (TPSA) is 85.9 Å². The Balaban J connectivity index is 1.64. The second-order valence-corrected chi connectivity index (χ2v) is 6.78. The lowest BCUT2D eigenvalue weighted by molar-refractivity contribution is -0.115. The van der Waals surface area contributed by atoms with Crippen molar-refractivity contribution in [1.29, 1.82) is 0 Å². The fourth-order valence-electron chi connectivity index (χ4n) is 2.50. The molecule has 3 rings (SSSR count). The number of fused-ring (bicyclic) bond motifs is 1. The predicted molar refractivity (Wildman–Crippen MR) is 104 cm³/mol. The number of ether oxygens (including phenoxy) is 3. The van der Waals surface area contributed by atoms with Crippen LogP contribution in [0.5, 0.6) is 17.2 Å². The highest BCUT2D eigenvalue weighted by Gasteiger charge is 2.14. The summed E-state index contributed by atoms with van der Waals surface area (Å²) in [5.41, 5.74) is 0.998. The molecule has 1 aliphatic rings. The summed E-state index contributed by atoms with van der Waals surface area (Å²) in [5, 5.41) is 5.50. The van der Waals surface area contributed by atoms with Crippen molar-refractivity contribution in [3.05, 3.63) is 36.4 Å². The van der Waals surface area contributed by atoms with Gasteiger partial charge in [0.15, 0.2) is 11.5 Å². The first kappa shape index (κ1) is 18.9. The summed E-state index contributed by atoms with van der Waals surface area (Å²) in [4.78, 5) is 24.6. The number of amides is 2. The van der Waals surface area contributed by atoms with Gasteiger partial charge in [-0.1, -0.05) is 0 Å². The lowest BCUT2D eigenvalue weighted by atomic mass is 10.2. The molecule has 0 fully saturated rings. The van der Waals surface area contributed by atoms with E-state index in [0.717, 1.165) is 4.90 Å². The average molecular weight is 388 g/mol. The maximum Gasteiger partial charge on any atom is 0.234 e. The molecule has 0 bridgehead atoms. The van der Waals surface area contributed by atoms with Gasteiger partial charge in [-0.25, -0.2) is 0 Å². The molecule has 1 aliphatic heterocycles. The quantitative estimate of drug-likeness (QED) is 0.740. The minimum Gasteiger partial charge on any atom is -0.497 e. The van der Waals surface area contributed by atoms with E-state index in [-0.39, 0.29) is 17.6 Å². The van der Waals surface area contributed by atoms with Crippen molar-refractivity contribution in [2.24, 2.45) is 0 Å². The average Bonchev–Trinajstić information content (AvgIpc) is 2.67. The number of carbonyl (C=O) groups excluding carboxylic acids is 2. The molecule has 0 saturated heterocycles. The molecule has 0 aliphatic carbocycles. The van der Waals surface area contributed by atoms with Crippen molar-refractivity contribution in [2.75, 3.05) is 36.7 Å². The van der Waals surface area contributed by atoms with E-state index in [4.69, 9.17) is 14.2 Å². The number of benzene rings is 2. The van der Waals surface area contributed by atoms with Gasteiger partial charge in [0.1, 0.15) is 19.0 Å². The van der Waals surface area contributed by atoms with Gasteiger partial charge in [0.2, 0.25) is 11.8 Å². The van der Waals surface area contributed by atoms with E-state index >= 15 is 0 Å². The highest BCUT2D eigenvalue weighted by Crippen LogP contribution is 2.34. The van der Waals surface area contributed by atoms with Crippen LogP contribution >= 0.6 is 11.8 Å². The Labute approximate surface area is 161 Å². The van der Waals surface area contributed by atoms with Gasteiger partial charge >= 0.3 is 0 Å². The maximum atomic E-state index is 12.4. The van der Waals surface area contributed by atoms with Crippen LogP contribution in [0.4, 0.5) is 11.4 Å². The van der Waals surface area contributed by atoms with Crippen LogP contribution in [0.1, 0.15) is 6.92 Å². The molecule has 0 saturated carbocycles. The third-order valence-corrected chi connectivity index (χ3v) is 4.69. The zero-order valence-corrected chi connectivity index (χ0v) is 15.9. The maximum absolute atomic E-state index is 12.4. The fraction of sp³-hybridized carbons (Fsp3) is 0.263. The number of carbonyl (C=O) groups is 2. The Morgan fingerprint density at radius 2 is 1.81 bits per heavy atom. The molecule has 0 atom stereocenters. The molecule has 2 aromatic rings. The van der Waals surface area contributed by atoms with Gasteiger partial charge in [-0.15, -0.1) is 11.8 Å². The molecular formula is C19H20N2O5S. The zero-order chi connectivity index (χ0) is 19.2. The van der Waals surface area contributed by atoms with Crippen LogP contribution in [0.15, 0.2) is 41.3 Å². The Hall–Kier alpha value is -2.87. The highest BCUT2D eigenvalue weighted by molar-refractivity contribution is 8.00. The van der Waals surface area contributed by atoms with Crippen molar-refractivity contribution in [2.45, 2.75) is 11.8 Å². The van der Waals surface area contributed by atoms with Crippen molar-refractivity contribution >= 4 is 35.0 Å². The summed E-state index contributed by atoms with van der Waals surface area (Å²) in [6.07, 6.45) is 0. The summed E-state index contributed by atoms with van der Waals surface area (Å²) in [6, 6.07) is 10.7. The van der Waals surface area contributed by atoms with Gasteiger partial charge < -0.3 is 24.8 Å². The van der Waals surface area contributed by atoms with Gasteiger partial charge in [0.25, 0.3) is 0 Å². The number of hydrogen-bond donors (Lipinski definition) is 2. The number of hydrogen-bond acceptors (Lipinski definition) is 6. The normalized spacial score (nSPS) is 12.2. The summed E-state index contributed by atoms with van der Waals surface area (Å²) in [6.45, 7) is 2.47. The molecule has 8 heteroatoms. The summed E-state index contributed by atoms with van der Waals surface area (Å²) >= 11 is 1.38. The monoisotopic (exact) mass is 388 g/mol. The van der Waals surface area contributed by atoms with Crippen molar-refractivity contribution in [3.8, 4) is 17.2 Å². The number of anilines is 2. The van der Waals surface area contributed by atoms with Crippen LogP contribution in [0.2, 0.25) is 0 Å². The van der Waals surface area contributed by atoms with Crippen LogP contribution in [0, 0.1) is 0 Å². The van der Waals surface area contributed by atoms with E-state index in [0.29, 0.717) is 41.8 Å². The first-order valence-corrected chi connectivity index (χ1v) is 9.31. The third-order valence-electron chi connectivity index (χ3n) is 3.70. The van der Waals surface area contributed by atoms with E-state index in [1.165, 1.54) is 25.8 Å². The first-order valence-electron chi connectivity index (χ1n) is 8.33. The molecule has 2 amide bonds. The van der Waals surface area contributed by atoms with E-state index in [1.807, 2.05) is 18.2 Å². The minimum atomic E-state index is -0.221. The van der Waals surface area contributed by atoms with Crippen LogP contribution < -0.4 is 24.8 Å². The van der Waals surface area contributed by atoms with Gasteiger partial charge in [0, 0.05) is 17.9 Å². The van der Waals surface area contributed by atoms with Crippen LogP contribution in [0.3, 0.4) is 0 Å². The summed E-state index contributed by atoms with van der Waals surface area (Å²) in [7, 11) is 1.54. The molecule has 0 unspecified atom stereocenters. The molecule has 2 N–H and O–H groups in total. The Kier molecular flexibility index (Phi) is 6.08. The first-order chi connectivity index (χ1) is 13.0. The van der Waals surface area contributed by atoms with E-state index in [2.05, 4.69) is 10.6 Å². The Morgan fingerprint density at radius 3 is 2.56 bits per heavy atom. The molecule has 7 nitrogen and oxygen atoms in total. The fourth-order valence-corrected chi connectivity index (χ4v) is 3.23. The van der Waals surface area contributed by atoms with Gasteiger partial charge in [-0.2, -0.15) is 0 Å². The Morgan fingerprint density at radius 1 is 1.04 bits per heavy atom. The number of rotatable bonds is 6. The lowest BCUT2D eigenvalue weighted by Crippen LogP contribution is -2.17. The standard InChI is InChI=1S/C19H20N2O5S/c1-12(22)20-15-5-3-13(24-2)9-16(15)21-19(23)11-27-14-4-6-17-18(10-14)26-8-7-25-17/h3-6,9-10H,7-8,11H2,1-2H3,(H,20,22)(H,21,23). The third kappa shape index (κ3) is 5.07. The second-order valence-electron chi connectivity index (χ2n) is 5.74. The van der Waals surface area contributed by atoms with Crippen LogP contribution in [0.25, 0.3) is 0 Å². The molecule has 1 heterocycles. The van der Waals surface area contributed by atoms with Crippen molar-refractivity contribution < 1.29 is 23.8 Å². The summed E-state index contributed by atoms with van der Waals surface area (Å²) < 4.78 is 16.2. The summed E-state index contributed by atoms with van der Waals surface area (Å²) in [5.74, 6) is 1.77. The van der Waals surface area contributed by atoms with Crippen LogP contribution in [-0.4, -0.2) is 37.9 Å². The van der Waals surface area contributed by atoms with E-state index in [9.17, 15) is 9.59 Å². The number of methoxy groups -OCH3 is 1. The molecule has 142 valence electrons. The van der Waals surface area contributed by atoms with Gasteiger partial charge in [0.05, 0.1) is 24.2 Å². The molecule has 27 heavy (non-hydrogen) atoms. The number of thioether (sulfide) groups is 1. The molecule has 2 aromatic carbocycles. The van der Waals surface area contributed by atoms with Gasteiger partial charge in [-0.3, -0.25) is 9.59 Å². The van der Waals surface area contributed by atoms with E-state index in [1.54, 1.807) is 18.2 Å². The van der Waals surface area contributed by atoms with Gasteiger partial charge in [-0.05, 0) is 30.3 Å². The molecule has 0 aromatic heterocycles. The van der Waals surface area contributed by atoms with E-state index < -0.39 is 0 Å². The molecule has 0 radical (unpaired) electrons. The predicted octanol–water partition coefficient (Wildman–Crippen LogP) is 3.16.